The van der Waals surface area contributed by atoms with Crippen molar-refractivity contribution in [1.82, 2.24) is 0 Å². The second kappa shape index (κ2) is 11.4. The Bertz CT molecular complexity index is 2110. The number of fused-ring (bicyclic) bond motifs is 3. The maximum Gasteiger partial charge on any atom is 1.00 e. The van der Waals surface area contributed by atoms with Crippen molar-refractivity contribution in [3.05, 3.63) is 103 Å². The van der Waals surface area contributed by atoms with Gasteiger partial charge in [-0.25, -0.2) is 0 Å². The van der Waals surface area contributed by atoms with Crippen molar-refractivity contribution in [3.63, 3.8) is 0 Å². The van der Waals surface area contributed by atoms with Crippen LogP contribution in [0.2, 0.25) is 0 Å². The van der Waals surface area contributed by atoms with E-state index in [9.17, 15) is 18.1 Å². The van der Waals surface area contributed by atoms with Crippen LogP contribution in [0.4, 0.5) is 28.4 Å². The molecule has 0 radical (unpaired) electrons. The first-order valence-electron chi connectivity index (χ1n) is 12.1. The van der Waals surface area contributed by atoms with E-state index in [0.29, 0.717) is 11.4 Å². The molecule has 6 aromatic carbocycles. The fourth-order valence-electron chi connectivity index (χ4n) is 4.63. The Labute approximate surface area is 257 Å². The van der Waals surface area contributed by atoms with Gasteiger partial charge in [-0.05, 0) is 35.0 Å². The molecule has 0 saturated carbocycles. The molecule has 0 aromatic heterocycles. The molecule has 0 atom stereocenters. The quantitative estimate of drug-likeness (QED) is 0.131. The largest absolute Gasteiger partial charge is 1.00 e. The molecule has 0 spiro atoms. The minimum absolute atomic E-state index is 0. The maximum absolute atomic E-state index is 13.5. The molecule has 0 saturated heterocycles. The van der Waals surface area contributed by atoms with Gasteiger partial charge in [0.2, 0.25) is 0 Å². The van der Waals surface area contributed by atoms with Crippen LogP contribution in [-0.2, 0) is 10.1 Å². The number of nitrogens with two attached hydrogens (primary N) is 1. The van der Waals surface area contributed by atoms with Gasteiger partial charge in [-0.2, -0.15) is 13.5 Å². The number of hydrogen-bond donors (Lipinski definition) is 2. The Morgan fingerprint density at radius 1 is 0.610 bits per heavy atom. The Hall–Kier alpha value is -4.19. The molecule has 9 nitrogen and oxygen atoms in total. The van der Waals surface area contributed by atoms with Gasteiger partial charge in [0, 0.05) is 21.5 Å². The summed E-state index contributed by atoms with van der Waals surface area (Å²) in [5, 5.41) is 33.8. The summed E-state index contributed by atoms with van der Waals surface area (Å²) >= 11 is 0. The summed E-state index contributed by atoms with van der Waals surface area (Å²) in [5.74, 6) is -0.661. The smallest absolute Gasteiger partial charge is 0.870 e. The van der Waals surface area contributed by atoms with E-state index in [1.165, 1.54) is 12.1 Å². The zero-order valence-corrected chi connectivity index (χ0v) is 24.6. The maximum atomic E-state index is 13.5. The van der Waals surface area contributed by atoms with Gasteiger partial charge in [-0.3, -0.25) is 4.55 Å². The van der Waals surface area contributed by atoms with Crippen molar-refractivity contribution < 1.29 is 47.6 Å². The third-order valence-electron chi connectivity index (χ3n) is 6.56. The first-order chi connectivity index (χ1) is 19.3. The second-order valence-electron chi connectivity index (χ2n) is 9.02. The van der Waals surface area contributed by atoms with Crippen molar-refractivity contribution >= 4 is 70.9 Å². The molecule has 3 N–H and O–H groups in total. The van der Waals surface area contributed by atoms with Gasteiger partial charge in [-0.1, -0.05) is 84.6 Å². The van der Waals surface area contributed by atoms with Gasteiger partial charge < -0.3 is 10.8 Å². The van der Waals surface area contributed by atoms with Crippen molar-refractivity contribution in [2.24, 2.45) is 20.5 Å². The number of azo groups is 2. The predicted octanol–water partition coefficient (Wildman–Crippen LogP) is 4.88. The van der Waals surface area contributed by atoms with E-state index in [1.807, 2.05) is 72.8 Å². The Balaban J connectivity index is 0.00000337. The van der Waals surface area contributed by atoms with Gasteiger partial charge in [0.05, 0.1) is 22.7 Å². The summed E-state index contributed by atoms with van der Waals surface area (Å²) < 4.78 is 34.5. The van der Waals surface area contributed by atoms with Gasteiger partial charge in [0.1, 0.15) is 10.6 Å². The minimum Gasteiger partial charge on any atom is -0.870 e. The van der Waals surface area contributed by atoms with Gasteiger partial charge in [-0.15, -0.1) is 15.3 Å². The molecule has 0 bridgehead atoms. The molecule has 6 aromatic rings. The number of anilines is 1. The Kier molecular flexibility index (Phi) is 7.85. The van der Waals surface area contributed by atoms with Crippen LogP contribution in [0.3, 0.4) is 0 Å². The first kappa shape index (κ1) is 28.3. The van der Waals surface area contributed by atoms with Crippen molar-refractivity contribution in [1.29, 1.82) is 0 Å². The van der Waals surface area contributed by atoms with Crippen LogP contribution in [0.25, 0.3) is 32.3 Å². The van der Waals surface area contributed by atoms with Crippen LogP contribution in [0.1, 0.15) is 0 Å². The van der Waals surface area contributed by atoms with E-state index in [1.54, 1.807) is 12.1 Å². The summed E-state index contributed by atoms with van der Waals surface area (Å²) in [4.78, 5) is -0.516. The van der Waals surface area contributed by atoms with Crippen LogP contribution in [0, 0.1) is 0 Å². The van der Waals surface area contributed by atoms with Crippen LogP contribution in [0.5, 0.6) is 5.75 Å². The van der Waals surface area contributed by atoms with Crippen molar-refractivity contribution in [3.8, 4) is 5.75 Å². The summed E-state index contributed by atoms with van der Waals surface area (Å²) in [6.07, 6.45) is 0. The van der Waals surface area contributed by atoms with Crippen LogP contribution in [-0.4, -0.2) is 13.0 Å². The molecule has 196 valence electrons. The zero-order valence-electron chi connectivity index (χ0n) is 21.8. The van der Waals surface area contributed by atoms with Crippen LogP contribution < -0.4 is 40.4 Å². The molecule has 0 amide bonds. The zero-order chi connectivity index (χ0) is 27.9. The summed E-state index contributed by atoms with van der Waals surface area (Å²) in [6, 6.07) is 30.0. The standard InChI is InChI=1S/C30H21N5O4S.Na/c31-29-26(35-33-24-14-6-10-19-8-2-4-12-21(19)24)17-27(40(37,38)39)22-15-16-25(30(36)28(22)29)34-32-23-13-5-9-18-7-1-3-11-20(18)23;/h1-17,36H,31H2,(H,37,38,39);/q;+1/p-1. The van der Waals surface area contributed by atoms with E-state index < -0.39 is 20.8 Å². The van der Waals surface area contributed by atoms with Crippen LogP contribution >= 0.6 is 0 Å². The van der Waals surface area contributed by atoms with Gasteiger partial charge in [0.25, 0.3) is 10.1 Å². The van der Waals surface area contributed by atoms with E-state index >= 15 is 0 Å². The molecular formula is C30H20N5NaO4S. The topological polar surface area (TPSA) is 153 Å². The number of rotatable bonds is 5. The predicted molar refractivity (Wildman–Crippen MR) is 154 cm³/mol. The molecule has 0 aliphatic carbocycles. The molecule has 6 rings (SSSR count). The van der Waals surface area contributed by atoms with Crippen molar-refractivity contribution in [2.45, 2.75) is 4.90 Å². The fourth-order valence-corrected chi connectivity index (χ4v) is 5.34. The number of benzene rings is 6. The molecule has 41 heavy (non-hydrogen) atoms. The minimum atomic E-state index is -4.75. The first-order valence-corrected chi connectivity index (χ1v) is 13.6. The van der Waals surface area contributed by atoms with Crippen molar-refractivity contribution in [2.75, 3.05) is 5.73 Å². The van der Waals surface area contributed by atoms with Crippen LogP contribution in [0.15, 0.2) is 128 Å². The molecular weight excluding hydrogens is 549 g/mol. The van der Waals surface area contributed by atoms with E-state index in [-0.39, 0.29) is 57.4 Å². The van der Waals surface area contributed by atoms with E-state index in [4.69, 9.17) is 5.73 Å². The molecule has 0 heterocycles. The second-order valence-corrected chi connectivity index (χ2v) is 10.4. The molecule has 0 aliphatic rings. The van der Waals surface area contributed by atoms with E-state index in [2.05, 4.69) is 20.5 Å². The monoisotopic (exact) mass is 569 g/mol. The Morgan fingerprint density at radius 2 is 1.10 bits per heavy atom. The fraction of sp³-hybridized carbons (Fsp3) is 0. The SMILES string of the molecule is Nc1c(N=Nc2cccc3ccccc23)cc(S(=O)(=O)O)c2ccc(N=Nc3cccc4ccccc34)c([O-])c12.[Na+]. The Morgan fingerprint density at radius 3 is 1.66 bits per heavy atom. The third kappa shape index (κ3) is 5.43. The number of hydrogen-bond acceptors (Lipinski definition) is 8. The van der Waals surface area contributed by atoms with E-state index in [0.717, 1.165) is 27.6 Å². The average Bonchev–Trinajstić information content (AvgIpc) is 2.95. The number of nitrogens with zero attached hydrogens (tertiary/aromatic N) is 4. The average molecular weight is 570 g/mol. The summed E-state index contributed by atoms with van der Waals surface area (Å²) in [7, 11) is -4.75. The normalized spacial score (nSPS) is 12.0. The molecule has 0 aliphatic heterocycles. The number of nitrogen functional groups attached to an aromatic ring is 1. The van der Waals surface area contributed by atoms with Gasteiger partial charge >= 0.3 is 29.6 Å². The molecule has 11 heteroatoms. The van der Waals surface area contributed by atoms with Gasteiger partial charge in [0.15, 0.2) is 0 Å². The summed E-state index contributed by atoms with van der Waals surface area (Å²) in [6.45, 7) is 0. The summed E-state index contributed by atoms with van der Waals surface area (Å²) in [5.41, 5.74) is 7.19. The molecule has 0 fully saturated rings. The third-order valence-corrected chi connectivity index (χ3v) is 7.45. The molecule has 0 unspecified atom stereocenters.